The molecule has 0 bridgehead atoms. The highest BCUT2D eigenvalue weighted by Gasteiger charge is 2.19. The van der Waals surface area contributed by atoms with Crippen LogP contribution in [0.3, 0.4) is 0 Å². The van der Waals surface area contributed by atoms with Gasteiger partial charge in [-0.2, -0.15) is 0 Å². The summed E-state index contributed by atoms with van der Waals surface area (Å²) in [7, 11) is 2.17. The van der Waals surface area contributed by atoms with Crippen LogP contribution in [0.1, 0.15) is 0 Å². The zero-order valence-electron chi connectivity index (χ0n) is 28.4. The molecule has 242 valence electrons. The third-order valence-corrected chi connectivity index (χ3v) is 10.0. The Balaban J connectivity index is 1.13. The Kier molecular flexibility index (Phi) is 7.75. The number of aryl methyl sites for hydroxylation is 1. The SMILES string of the molecule is Cn1c(-c2ccccc2)c(-c2ccc(N(c3ccc(-c4ccccc4)cc3)c3ccc(-c4ccc5ccccc5c4)cc3)cc2)c2ccccc21. The van der Waals surface area contributed by atoms with Crippen molar-refractivity contribution in [1.29, 1.82) is 0 Å². The van der Waals surface area contributed by atoms with Crippen LogP contribution in [0.25, 0.3) is 66.3 Å². The van der Waals surface area contributed by atoms with Crippen LogP contribution in [0.15, 0.2) is 200 Å². The molecule has 2 heteroatoms. The van der Waals surface area contributed by atoms with Gasteiger partial charge in [-0.3, -0.25) is 0 Å². The van der Waals surface area contributed by atoms with Crippen molar-refractivity contribution in [2.75, 3.05) is 4.90 Å². The number of nitrogens with zero attached hydrogens (tertiary/aromatic N) is 2. The summed E-state index contributed by atoms with van der Waals surface area (Å²) in [6.45, 7) is 0. The lowest BCUT2D eigenvalue weighted by atomic mass is 9.97. The second-order valence-corrected chi connectivity index (χ2v) is 13.1. The highest BCUT2D eigenvalue weighted by molar-refractivity contribution is 6.04. The lowest BCUT2D eigenvalue weighted by molar-refractivity contribution is 0.979. The molecule has 0 aliphatic carbocycles. The quantitative estimate of drug-likeness (QED) is 0.166. The van der Waals surface area contributed by atoms with Crippen molar-refractivity contribution >= 4 is 38.7 Å². The van der Waals surface area contributed by atoms with Gasteiger partial charge in [-0.15, -0.1) is 0 Å². The van der Waals surface area contributed by atoms with Gasteiger partial charge in [-0.25, -0.2) is 0 Å². The van der Waals surface area contributed by atoms with Gasteiger partial charge >= 0.3 is 0 Å². The standard InChI is InChI=1S/C49H36N2/c1-50-47-19-11-10-18-46(47)48(49(50)40-15-6-3-7-16-40)39-26-32-45(33-27-39)51(43-28-22-37(23-29-43)35-12-4-2-5-13-35)44-30-24-38(25-31-44)42-21-20-36-14-8-9-17-41(36)34-42/h2-34H,1H3. The van der Waals surface area contributed by atoms with E-state index in [0.29, 0.717) is 0 Å². The van der Waals surface area contributed by atoms with Crippen LogP contribution in [-0.2, 0) is 7.05 Å². The van der Waals surface area contributed by atoms with Gasteiger partial charge in [0.05, 0.1) is 5.69 Å². The molecule has 2 nitrogen and oxygen atoms in total. The molecule has 9 aromatic rings. The molecule has 0 aliphatic heterocycles. The van der Waals surface area contributed by atoms with Crippen molar-refractivity contribution in [3.63, 3.8) is 0 Å². The summed E-state index contributed by atoms with van der Waals surface area (Å²) in [5.41, 5.74) is 14.2. The van der Waals surface area contributed by atoms with E-state index in [1.54, 1.807) is 0 Å². The van der Waals surface area contributed by atoms with E-state index in [9.17, 15) is 0 Å². The third kappa shape index (κ3) is 5.67. The van der Waals surface area contributed by atoms with Crippen molar-refractivity contribution in [3.05, 3.63) is 200 Å². The Morgan fingerprint density at radius 1 is 0.353 bits per heavy atom. The first-order valence-electron chi connectivity index (χ1n) is 17.5. The lowest BCUT2D eigenvalue weighted by Gasteiger charge is -2.26. The number of aromatic nitrogens is 1. The Morgan fingerprint density at radius 2 is 0.804 bits per heavy atom. The second-order valence-electron chi connectivity index (χ2n) is 13.1. The molecular weight excluding hydrogens is 617 g/mol. The van der Waals surface area contributed by atoms with Crippen LogP contribution in [0, 0.1) is 0 Å². The molecule has 0 saturated carbocycles. The molecule has 9 rings (SSSR count). The monoisotopic (exact) mass is 652 g/mol. The van der Waals surface area contributed by atoms with E-state index in [4.69, 9.17) is 0 Å². The molecule has 0 radical (unpaired) electrons. The fraction of sp³-hybridized carbons (Fsp3) is 0.0204. The van der Waals surface area contributed by atoms with E-state index in [1.165, 1.54) is 66.3 Å². The molecule has 1 heterocycles. The normalized spacial score (nSPS) is 11.2. The average Bonchev–Trinajstić information content (AvgIpc) is 3.51. The number of hydrogen-bond acceptors (Lipinski definition) is 1. The maximum Gasteiger partial charge on any atom is 0.0568 e. The Morgan fingerprint density at radius 3 is 1.43 bits per heavy atom. The first kappa shape index (κ1) is 30.4. The summed E-state index contributed by atoms with van der Waals surface area (Å²) in [5, 5.41) is 3.76. The highest BCUT2D eigenvalue weighted by Crippen LogP contribution is 2.42. The van der Waals surface area contributed by atoms with E-state index in [1.807, 2.05) is 0 Å². The average molecular weight is 653 g/mol. The van der Waals surface area contributed by atoms with Crippen molar-refractivity contribution in [2.45, 2.75) is 0 Å². The van der Waals surface area contributed by atoms with Crippen LogP contribution in [-0.4, -0.2) is 4.57 Å². The minimum atomic E-state index is 1.10. The van der Waals surface area contributed by atoms with Gasteiger partial charge in [-0.05, 0) is 92.7 Å². The van der Waals surface area contributed by atoms with E-state index >= 15 is 0 Å². The summed E-state index contributed by atoms with van der Waals surface area (Å²) < 4.78 is 2.33. The molecule has 8 aromatic carbocycles. The van der Waals surface area contributed by atoms with Crippen LogP contribution < -0.4 is 4.90 Å². The fourth-order valence-electron chi connectivity index (χ4n) is 7.45. The highest BCUT2D eigenvalue weighted by atomic mass is 15.1. The fourth-order valence-corrected chi connectivity index (χ4v) is 7.45. The van der Waals surface area contributed by atoms with E-state index in [0.717, 1.165) is 17.1 Å². The Bertz CT molecular complexity index is 2600. The number of hydrogen-bond donors (Lipinski definition) is 0. The Labute approximate surface area is 299 Å². The predicted molar refractivity (Wildman–Crippen MR) is 217 cm³/mol. The molecule has 0 fully saturated rings. The van der Waals surface area contributed by atoms with E-state index in [-0.39, 0.29) is 0 Å². The first-order chi connectivity index (χ1) is 25.2. The number of fused-ring (bicyclic) bond motifs is 2. The van der Waals surface area contributed by atoms with E-state index < -0.39 is 0 Å². The van der Waals surface area contributed by atoms with Gasteiger partial charge in [0.2, 0.25) is 0 Å². The minimum Gasteiger partial charge on any atom is -0.343 e. The zero-order valence-corrected chi connectivity index (χ0v) is 28.4. The number of anilines is 3. The zero-order chi connectivity index (χ0) is 34.1. The molecular formula is C49H36N2. The van der Waals surface area contributed by atoms with Crippen LogP contribution in [0.5, 0.6) is 0 Å². The largest absolute Gasteiger partial charge is 0.343 e. The molecule has 0 amide bonds. The van der Waals surface area contributed by atoms with Crippen molar-refractivity contribution < 1.29 is 0 Å². The van der Waals surface area contributed by atoms with Crippen LogP contribution >= 0.6 is 0 Å². The molecule has 0 N–H and O–H groups in total. The number of rotatable bonds is 7. The summed E-state index contributed by atoms with van der Waals surface area (Å²) in [6, 6.07) is 72.1. The maximum atomic E-state index is 2.35. The number of para-hydroxylation sites is 1. The van der Waals surface area contributed by atoms with Crippen LogP contribution in [0.4, 0.5) is 17.1 Å². The van der Waals surface area contributed by atoms with Gasteiger partial charge in [0.1, 0.15) is 0 Å². The maximum absolute atomic E-state index is 2.35. The summed E-state index contributed by atoms with van der Waals surface area (Å²) >= 11 is 0. The van der Waals surface area contributed by atoms with Crippen molar-refractivity contribution in [3.8, 4) is 44.6 Å². The van der Waals surface area contributed by atoms with Gasteiger partial charge < -0.3 is 9.47 Å². The second kappa shape index (κ2) is 13.0. The molecule has 0 unspecified atom stereocenters. The molecule has 1 aromatic heterocycles. The summed E-state index contributed by atoms with van der Waals surface area (Å²) in [4.78, 5) is 2.35. The van der Waals surface area contributed by atoms with Gasteiger partial charge in [0.15, 0.2) is 0 Å². The van der Waals surface area contributed by atoms with Crippen molar-refractivity contribution in [1.82, 2.24) is 4.57 Å². The predicted octanol–water partition coefficient (Wildman–Crippen LogP) is 13.5. The van der Waals surface area contributed by atoms with Gasteiger partial charge in [-0.1, -0.05) is 152 Å². The van der Waals surface area contributed by atoms with Gasteiger partial charge in [0, 0.05) is 40.6 Å². The minimum absolute atomic E-state index is 1.10. The first-order valence-corrected chi connectivity index (χ1v) is 17.5. The number of benzene rings is 8. The molecule has 0 spiro atoms. The topological polar surface area (TPSA) is 8.17 Å². The molecule has 0 aliphatic rings. The van der Waals surface area contributed by atoms with Crippen LogP contribution in [0.2, 0.25) is 0 Å². The smallest absolute Gasteiger partial charge is 0.0568 e. The molecule has 0 atom stereocenters. The lowest BCUT2D eigenvalue weighted by Crippen LogP contribution is -2.09. The van der Waals surface area contributed by atoms with Gasteiger partial charge in [0.25, 0.3) is 0 Å². The van der Waals surface area contributed by atoms with E-state index in [2.05, 4.69) is 217 Å². The summed E-state index contributed by atoms with van der Waals surface area (Å²) in [6.07, 6.45) is 0. The Hall–Kier alpha value is -6.64. The third-order valence-electron chi connectivity index (χ3n) is 10.0. The molecule has 51 heavy (non-hydrogen) atoms. The van der Waals surface area contributed by atoms with Crippen molar-refractivity contribution in [2.24, 2.45) is 7.05 Å². The summed E-state index contributed by atoms with van der Waals surface area (Å²) in [5.74, 6) is 0. The molecule has 0 saturated heterocycles.